The zero-order valence-corrected chi connectivity index (χ0v) is 24.6. The topological polar surface area (TPSA) is 35.5 Å². The van der Waals surface area contributed by atoms with Gasteiger partial charge in [-0.2, -0.15) is 0 Å². The molecule has 0 N–H and O–H groups in total. The van der Waals surface area contributed by atoms with Crippen LogP contribution in [-0.2, 0) is 21.7 Å². The van der Waals surface area contributed by atoms with Gasteiger partial charge in [-0.25, -0.2) is 0 Å². The van der Waals surface area contributed by atoms with Crippen LogP contribution in [0.1, 0.15) is 112 Å². The molecule has 0 aliphatic rings. The van der Waals surface area contributed by atoms with Crippen molar-refractivity contribution in [3.05, 3.63) is 46.5 Å². The van der Waals surface area contributed by atoms with Crippen molar-refractivity contribution in [2.75, 3.05) is 6.61 Å². The molecule has 3 rings (SSSR count). The maximum absolute atomic E-state index is 6.62. The second-order valence-corrected chi connectivity index (χ2v) is 14.7. The Morgan fingerprint density at radius 1 is 0.588 bits per heavy atom. The van der Waals surface area contributed by atoms with Crippen LogP contribution in [0.5, 0.6) is 0 Å². The summed E-state index contributed by atoms with van der Waals surface area (Å²) in [4.78, 5) is 0. The maximum atomic E-state index is 6.62. The molecule has 188 valence electrons. The summed E-state index contributed by atoms with van der Waals surface area (Å²) in [6.45, 7) is 29.7. The molecule has 0 radical (unpaired) electrons. The van der Waals surface area contributed by atoms with Crippen LogP contribution in [0, 0.1) is 0 Å². The molecule has 0 amide bonds. The number of rotatable bonds is 2. The molecule has 1 heterocycles. The molecule has 0 aliphatic carbocycles. The first-order valence-corrected chi connectivity index (χ1v) is 13.6. The largest absolute Gasteiger partial charge is 0.399 e. The molecule has 0 fully saturated rings. The third-order valence-electron chi connectivity index (χ3n) is 6.38. The summed E-state index contributed by atoms with van der Waals surface area (Å²) in [7, 11) is -1.57. The first-order chi connectivity index (χ1) is 15.3. The molecule has 0 aliphatic heterocycles. The molecular formula is C30H45O3P. The monoisotopic (exact) mass is 484 g/mol. The van der Waals surface area contributed by atoms with Gasteiger partial charge in [-0.3, -0.25) is 4.52 Å². The Balaban J connectivity index is 2.75. The summed E-state index contributed by atoms with van der Waals surface area (Å²) in [6, 6.07) is 9.27. The normalized spacial score (nSPS) is 13.7. The minimum Gasteiger partial charge on any atom is -0.399 e. The fourth-order valence-electron chi connectivity index (χ4n) is 4.16. The Kier molecular flexibility index (Phi) is 6.92. The first kappa shape index (κ1) is 26.9. The summed E-state index contributed by atoms with van der Waals surface area (Å²) < 4.78 is 19.3. The van der Waals surface area contributed by atoms with E-state index in [1.807, 2.05) is 6.92 Å². The van der Waals surface area contributed by atoms with E-state index in [1.54, 1.807) is 0 Å². The standard InChI is InChI=1S/C30H45O3P/c1-14-31-34-32-25-21(15-19(27(2,3)4)17-23(25)29(8,9)10)22-16-20(28(5,6)7)18-24(26(22)33-34)30(11,12)13/h15-18H,14H2,1-13H3. The Morgan fingerprint density at radius 3 is 1.21 bits per heavy atom. The molecule has 0 spiro atoms. The highest BCUT2D eigenvalue weighted by atomic mass is 31.1. The summed E-state index contributed by atoms with van der Waals surface area (Å²) in [5.74, 6) is 0. The van der Waals surface area contributed by atoms with Gasteiger partial charge in [-0.15, -0.1) is 0 Å². The van der Waals surface area contributed by atoms with E-state index in [-0.39, 0.29) is 21.7 Å². The zero-order chi connectivity index (χ0) is 25.9. The molecule has 0 saturated heterocycles. The van der Waals surface area contributed by atoms with Crippen molar-refractivity contribution >= 4 is 30.2 Å². The lowest BCUT2D eigenvalue weighted by Gasteiger charge is -2.27. The van der Waals surface area contributed by atoms with Gasteiger partial charge in [0.05, 0.1) is 6.61 Å². The summed E-state index contributed by atoms with van der Waals surface area (Å²) in [6.07, 6.45) is 0. The van der Waals surface area contributed by atoms with Gasteiger partial charge in [-0.05, 0) is 51.8 Å². The van der Waals surface area contributed by atoms with E-state index in [1.165, 1.54) is 22.3 Å². The third-order valence-corrected chi connectivity index (χ3v) is 7.51. The van der Waals surface area contributed by atoms with Crippen LogP contribution < -0.4 is 4.52 Å². The second-order valence-electron chi connectivity index (χ2n) is 13.6. The third kappa shape index (κ3) is 5.42. The number of hydrogen-bond acceptors (Lipinski definition) is 3. The fraction of sp³-hybridized carbons (Fsp3) is 0.600. The zero-order valence-electron chi connectivity index (χ0n) is 23.7. The predicted molar refractivity (Wildman–Crippen MR) is 148 cm³/mol. The SMILES string of the molecule is CCOp1oc2c(C(C)(C)C)cc(C(C)(C)C)cc2c2cc(C(C)(C)C)cc(C(C)(C)C)c2o1. The van der Waals surface area contributed by atoms with Crippen LogP contribution in [-0.4, -0.2) is 6.61 Å². The van der Waals surface area contributed by atoms with Gasteiger partial charge in [-0.1, -0.05) is 95.2 Å². The van der Waals surface area contributed by atoms with E-state index < -0.39 is 8.24 Å². The Bertz CT molecular complexity index is 1140. The maximum Gasteiger partial charge on any atom is 0.387 e. The van der Waals surface area contributed by atoms with E-state index in [0.29, 0.717) is 6.61 Å². The quantitative estimate of drug-likeness (QED) is 0.363. The number of benzene rings is 2. The van der Waals surface area contributed by atoms with Crippen molar-refractivity contribution in [3.63, 3.8) is 0 Å². The lowest BCUT2D eigenvalue weighted by Crippen LogP contribution is -2.17. The van der Waals surface area contributed by atoms with Crippen molar-refractivity contribution < 1.29 is 12.9 Å². The lowest BCUT2D eigenvalue weighted by atomic mass is 9.77. The van der Waals surface area contributed by atoms with Gasteiger partial charge in [0.2, 0.25) is 0 Å². The molecule has 3 aromatic rings. The van der Waals surface area contributed by atoms with E-state index >= 15 is 0 Å². The molecule has 1 aromatic heterocycles. The highest BCUT2D eigenvalue weighted by Crippen LogP contribution is 2.44. The number of fused-ring (bicyclic) bond motifs is 3. The van der Waals surface area contributed by atoms with Crippen molar-refractivity contribution in [2.24, 2.45) is 0 Å². The second kappa shape index (κ2) is 8.75. The van der Waals surface area contributed by atoms with Crippen molar-refractivity contribution in [3.8, 4) is 0 Å². The van der Waals surface area contributed by atoms with E-state index in [2.05, 4.69) is 107 Å². The molecule has 4 heteroatoms. The van der Waals surface area contributed by atoms with Gasteiger partial charge in [0.15, 0.2) is 0 Å². The molecule has 0 atom stereocenters. The summed E-state index contributed by atoms with van der Waals surface area (Å²) in [5, 5.41) is 2.21. The average Bonchev–Trinajstić information content (AvgIpc) is 2.80. The smallest absolute Gasteiger partial charge is 0.387 e. The number of hydrogen-bond donors (Lipinski definition) is 0. The van der Waals surface area contributed by atoms with Gasteiger partial charge < -0.3 is 8.39 Å². The molecule has 0 unspecified atom stereocenters. The van der Waals surface area contributed by atoms with Crippen molar-refractivity contribution in [1.82, 2.24) is 0 Å². The Hall–Kier alpha value is -1.70. The molecule has 0 bridgehead atoms. The van der Waals surface area contributed by atoms with Gasteiger partial charge in [0.25, 0.3) is 0 Å². The van der Waals surface area contributed by atoms with Crippen molar-refractivity contribution in [1.29, 1.82) is 0 Å². The van der Waals surface area contributed by atoms with Crippen LogP contribution in [0.4, 0.5) is 0 Å². The van der Waals surface area contributed by atoms with Crippen LogP contribution in [0.3, 0.4) is 0 Å². The summed E-state index contributed by atoms with van der Waals surface area (Å²) >= 11 is 0. The van der Waals surface area contributed by atoms with Crippen LogP contribution >= 0.6 is 8.24 Å². The first-order valence-electron chi connectivity index (χ1n) is 12.5. The van der Waals surface area contributed by atoms with Crippen LogP contribution in [0.25, 0.3) is 21.9 Å². The average molecular weight is 485 g/mol. The molecule has 0 saturated carbocycles. The van der Waals surface area contributed by atoms with Crippen LogP contribution in [0.2, 0.25) is 0 Å². The Labute approximate surface area is 207 Å². The van der Waals surface area contributed by atoms with Crippen LogP contribution in [0.15, 0.2) is 32.7 Å². The fourth-order valence-corrected chi connectivity index (χ4v) is 5.21. The van der Waals surface area contributed by atoms with E-state index in [4.69, 9.17) is 12.9 Å². The molecule has 34 heavy (non-hydrogen) atoms. The molecule has 2 aromatic carbocycles. The molecular weight excluding hydrogens is 439 g/mol. The highest BCUT2D eigenvalue weighted by molar-refractivity contribution is 7.31. The van der Waals surface area contributed by atoms with Crippen molar-refractivity contribution in [2.45, 2.75) is 112 Å². The minimum absolute atomic E-state index is 0.00149. The molecule has 3 nitrogen and oxygen atoms in total. The van der Waals surface area contributed by atoms with Gasteiger partial charge >= 0.3 is 8.24 Å². The lowest BCUT2D eigenvalue weighted by molar-refractivity contribution is 0.392. The summed E-state index contributed by atoms with van der Waals surface area (Å²) in [5.41, 5.74) is 6.57. The predicted octanol–water partition coefficient (Wildman–Crippen LogP) is 9.93. The van der Waals surface area contributed by atoms with E-state index in [9.17, 15) is 0 Å². The Morgan fingerprint density at radius 2 is 0.941 bits per heavy atom. The van der Waals surface area contributed by atoms with Gasteiger partial charge in [0.1, 0.15) is 11.2 Å². The van der Waals surface area contributed by atoms with E-state index in [0.717, 1.165) is 21.9 Å². The van der Waals surface area contributed by atoms with Gasteiger partial charge in [0, 0.05) is 21.9 Å². The minimum atomic E-state index is -1.57. The highest BCUT2D eigenvalue weighted by Gasteiger charge is 2.28.